The number of hydrogen-bond donors (Lipinski definition) is 1. The monoisotopic (exact) mass is 490 g/mol. The van der Waals surface area contributed by atoms with Crippen molar-refractivity contribution in [3.8, 4) is 5.75 Å². The molecule has 0 bridgehead atoms. The number of hydrogen-bond acceptors (Lipinski definition) is 5. The topological polar surface area (TPSA) is 89.6 Å². The molecule has 1 fully saturated rings. The van der Waals surface area contributed by atoms with Crippen LogP contribution < -0.4 is 10.1 Å². The minimum atomic E-state index is -0.556. The minimum Gasteiger partial charge on any atom is -0.481 e. The van der Waals surface area contributed by atoms with Crippen molar-refractivity contribution in [1.82, 2.24) is 19.8 Å². The zero-order valence-electron chi connectivity index (χ0n) is 20.8. The van der Waals surface area contributed by atoms with Gasteiger partial charge in [-0.15, -0.1) is 0 Å². The maximum atomic E-state index is 13.1. The number of nitrogens with zero attached hydrogens (tertiary/aromatic N) is 3. The van der Waals surface area contributed by atoms with Crippen LogP contribution in [-0.2, 0) is 17.8 Å². The van der Waals surface area contributed by atoms with E-state index in [-0.39, 0.29) is 17.2 Å². The average molecular weight is 491 g/mol. The van der Waals surface area contributed by atoms with Gasteiger partial charge < -0.3 is 23.9 Å². The lowest BCUT2D eigenvalue weighted by Gasteiger charge is -2.42. The normalized spacial score (nSPS) is 20.5. The van der Waals surface area contributed by atoms with E-state index in [0.717, 1.165) is 55.6 Å². The standard InChI is InChI=1S/C28H34N4O4/c1-21-26(33)30-19-28(11-5-4-7-22-6-2-3-8-24(22)35-21)12-15-32(16-13-28)27(34)25-10-9-23(36-25)18-31-17-14-29-20-31/h2-3,6,8-10,14,17,20-21H,4-5,7,11-13,15-16,18-19H2,1H3,(H,30,33)/t21-/m1/s1. The van der Waals surface area contributed by atoms with Crippen LogP contribution in [0.15, 0.2) is 59.5 Å². The number of likely N-dealkylation sites (tertiary alicyclic amines) is 1. The number of carbonyl (C=O) groups is 2. The van der Waals surface area contributed by atoms with Crippen molar-refractivity contribution >= 4 is 11.8 Å². The van der Waals surface area contributed by atoms with Crippen LogP contribution in [0.5, 0.6) is 5.75 Å². The van der Waals surface area contributed by atoms with Gasteiger partial charge >= 0.3 is 0 Å². The van der Waals surface area contributed by atoms with Gasteiger partial charge in [-0.2, -0.15) is 0 Å². The Morgan fingerprint density at radius 1 is 1.14 bits per heavy atom. The van der Waals surface area contributed by atoms with Crippen molar-refractivity contribution in [2.45, 2.75) is 58.1 Å². The summed E-state index contributed by atoms with van der Waals surface area (Å²) < 4.78 is 13.8. The molecule has 8 nitrogen and oxygen atoms in total. The predicted molar refractivity (Wildman–Crippen MR) is 135 cm³/mol. The summed E-state index contributed by atoms with van der Waals surface area (Å²) in [7, 11) is 0. The smallest absolute Gasteiger partial charge is 0.289 e. The molecule has 2 amide bonds. The fourth-order valence-corrected chi connectivity index (χ4v) is 5.30. The lowest BCUT2D eigenvalue weighted by molar-refractivity contribution is -0.128. The van der Waals surface area contributed by atoms with Crippen LogP contribution in [0, 0.1) is 5.41 Å². The molecule has 1 aromatic carbocycles. The molecule has 4 heterocycles. The summed E-state index contributed by atoms with van der Waals surface area (Å²) >= 11 is 0. The van der Waals surface area contributed by atoms with Crippen LogP contribution in [0.4, 0.5) is 0 Å². The highest BCUT2D eigenvalue weighted by atomic mass is 16.5. The molecule has 0 radical (unpaired) electrons. The number of rotatable bonds is 3. The summed E-state index contributed by atoms with van der Waals surface area (Å²) in [5, 5.41) is 3.15. The molecular formula is C28H34N4O4. The maximum absolute atomic E-state index is 13.1. The van der Waals surface area contributed by atoms with E-state index in [2.05, 4.69) is 16.4 Å². The summed E-state index contributed by atoms with van der Waals surface area (Å²) in [4.78, 5) is 31.9. The minimum absolute atomic E-state index is 0.0133. The molecule has 2 aliphatic heterocycles. The number of benzene rings is 1. The van der Waals surface area contributed by atoms with Gasteiger partial charge in [-0.05, 0) is 68.2 Å². The quantitative estimate of drug-likeness (QED) is 0.598. The predicted octanol–water partition coefficient (Wildman–Crippen LogP) is 4.06. The first-order valence-corrected chi connectivity index (χ1v) is 12.9. The molecule has 2 aliphatic rings. The number of amides is 2. The van der Waals surface area contributed by atoms with Crippen LogP contribution in [0.25, 0.3) is 0 Å². The van der Waals surface area contributed by atoms with Crippen molar-refractivity contribution in [2.24, 2.45) is 5.41 Å². The first kappa shape index (κ1) is 24.2. The molecule has 190 valence electrons. The summed E-state index contributed by atoms with van der Waals surface area (Å²) in [5.74, 6) is 1.73. The number of furan rings is 1. The molecule has 1 N–H and O–H groups in total. The Bertz CT molecular complexity index is 1180. The molecule has 1 spiro atoms. The second kappa shape index (κ2) is 10.6. The van der Waals surface area contributed by atoms with Crippen molar-refractivity contribution in [3.05, 3.63) is 72.2 Å². The summed E-state index contributed by atoms with van der Waals surface area (Å²) in [5.41, 5.74) is 1.14. The van der Waals surface area contributed by atoms with Crippen molar-refractivity contribution < 1.29 is 18.7 Å². The number of aromatic nitrogens is 2. The van der Waals surface area contributed by atoms with E-state index in [4.69, 9.17) is 9.15 Å². The molecule has 36 heavy (non-hydrogen) atoms. The summed E-state index contributed by atoms with van der Waals surface area (Å²) in [6, 6.07) is 11.6. The molecule has 3 aromatic rings. The van der Waals surface area contributed by atoms with Gasteiger partial charge in [0, 0.05) is 32.0 Å². The second-order valence-corrected chi connectivity index (χ2v) is 10.1. The van der Waals surface area contributed by atoms with Crippen LogP contribution in [0.3, 0.4) is 0 Å². The number of piperidine rings is 1. The van der Waals surface area contributed by atoms with E-state index in [1.165, 1.54) is 0 Å². The Labute approximate surface area is 211 Å². The van der Waals surface area contributed by atoms with Crippen molar-refractivity contribution in [3.63, 3.8) is 0 Å². The highest BCUT2D eigenvalue weighted by molar-refractivity contribution is 5.91. The lowest BCUT2D eigenvalue weighted by Crippen LogP contribution is -2.49. The zero-order valence-corrected chi connectivity index (χ0v) is 20.8. The summed E-state index contributed by atoms with van der Waals surface area (Å²) in [6.45, 7) is 4.26. The third-order valence-electron chi connectivity index (χ3n) is 7.57. The average Bonchev–Trinajstić information content (AvgIpc) is 3.58. The van der Waals surface area contributed by atoms with Crippen molar-refractivity contribution in [2.75, 3.05) is 19.6 Å². The molecule has 1 atom stereocenters. The zero-order chi connectivity index (χ0) is 25.0. The highest BCUT2D eigenvalue weighted by Crippen LogP contribution is 2.37. The number of para-hydroxylation sites is 1. The van der Waals surface area contributed by atoms with Crippen LogP contribution >= 0.6 is 0 Å². The van der Waals surface area contributed by atoms with Gasteiger partial charge in [0.1, 0.15) is 11.5 Å². The molecule has 1 saturated heterocycles. The Hall–Kier alpha value is -3.55. The second-order valence-electron chi connectivity index (χ2n) is 10.1. The van der Waals surface area contributed by atoms with Crippen LogP contribution in [0.2, 0.25) is 0 Å². The van der Waals surface area contributed by atoms with E-state index in [1.54, 1.807) is 25.5 Å². The molecule has 8 heteroatoms. The largest absolute Gasteiger partial charge is 0.481 e. The van der Waals surface area contributed by atoms with Gasteiger partial charge in [-0.3, -0.25) is 9.59 Å². The maximum Gasteiger partial charge on any atom is 0.289 e. The Morgan fingerprint density at radius 3 is 2.78 bits per heavy atom. The van der Waals surface area contributed by atoms with E-state index < -0.39 is 6.10 Å². The number of aryl methyl sites for hydroxylation is 1. The Balaban J connectivity index is 1.21. The first-order chi connectivity index (χ1) is 17.5. The highest BCUT2D eigenvalue weighted by Gasteiger charge is 2.37. The molecular weight excluding hydrogens is 456 g/mol. The number of nitrogens with one attached hydrogen (secondary N) is 1. The van der Waals surface area contributed by atoms with Crippen LogP contribution in [0.1, 0.15) is 60.9 Å². The fourth-order valence-electron chi connectivity index (χ4n) is 5.30. The van der Waals surface area contributed by atoms with Gasteiger partial charge in [0.2, 0.25) is 0 Å². The third kappa shape index (κ3) is 5.48. The number of fused-ring (bicyclic) bond motifs is 1. The van der Waals surface area contributed by atoms with Gasteiger partial charge in [0.25, 0.3) is 11.8 Å². The molecule has 5 rings (SSSR count). The van der Waals surface area contributed by atoms with Crippen LogP contribution in [-0.4, -0.2) is 52.0 Å². The van der Waals surface area contributed by atoms with E-state index in [1.807, 2.05) is 39.9 Å². The summed E-state index contributed by atoms with van der Waals surface area (Å²) in [6.07, 6.45) is 10.6. The lowest BCUT2D eigenvalue weighted by atomic mass is 9.74. The Morgan fingerprint density at radius 2 is 1.97 bits per heavy atom. The van der Waals surface area contributed by atoms with Gasteiger partial charge in [0.15, 0.2) is 11.9 Å². The van der Waals surface area contributed by atoms with Gasteiger partial charge in [-0.25, -0.2) is 4.98 Å². The molecule has 0 saturated carbocycles. The van der Waals surface area contributed by atoms with E-state index >= 15 is 0 Å². The van der Waals surface area contributed by atoms with E-state index in [9.17, 15) is 9.59 Å². The van der Waals surface area contributed by atoms with Gasteiger partial charge in [-0.1, -0.05) is 24.6 Å². The molecule has 2 aromatic heterocycles. The SMILES string of the molecule is C[C@H]1Oc2ccccc2CCCCC2(CCN(C(=O)c3ccc(Cn4ccnc4)o3)CC2)CNC1=O. The van der Waals surface area contributed by atoms with Crippen molar-refractivity contribution in [1.29, 1.82) is 0 Å². The molecule has 0 unspecified atom stereocenters. The number of imidazole rings is 1. The first-order valence-electron chi connectivity index (χ1n) is 12.9. The number of carbonyl (C=O) groups excluding carboxylic acids is 2. The number of ether oxygens (including phenoxy) is 1. The van der Waals surface area contributed by atoms with E-state index in [0.29, 0.717) is 31.9 Å². The Kier molecular flexibility index (Phi) is 7.11. The fraction of sp³-hybridized carbons (Fsp3) is 0.464. The van der Waals surface area contributed by atoms with Gasteiger partial charge in [0.05, 0.1) is 12.9 Å². The molecule has 0 aliphatic carbocycles. The third-order valence-corrected chi connectivity index (χ3v) is 7.57.